The zero-order valence-electron chi connectivity index (χ0n) is 17.2. The molecule has 3 N–H and O–H groups in total. The van der Waals surface area contributed by atoms with Crippen LogP contribution in [-0.4, -0.2) is 50.1 Å². The predicted octanol–water partition coefficient (Wildman–Crippen LogP) is 2.46. The maximum Gasteiger partial charge on any atom is 0.191 e. The molecule has 1 fully saturated rings. The highest BCUT2D eigenvalue weighted by molar-refractivity contribution is 5.79. The molecule has 27 heavy (non-hydrogen) atoms. The summed E-state index contributed by atoms with van der Waals surface area (Å²) in [5.41, 5.74) is 2.20. The molecule has 0 radical (unpaired) electrons. The number of aliphatic imine (C=N–C) groups is 1. The Balaban J connectivity index is 1.85. The number of aliphatic hydroxyl groups excluding tert-OH is 1. The third kappa shape index (κ3) is 7.48. The summed E-state index contributed by atoms with van der Waals surface area (Å²) in [6.45, 7) is 9.85. The first-order valence-corrected chi connectivity index (χ1v) is 9.71. The lowest BCUT2D eigenvalue weighted by atomic mass is 9.84. The van der Waals surface area contributed by atoms with Crippen molar-refractivity contribution in [3.63, 3.8) is 0 Å². The van der Waals surface area contributed by atoms with E-state index >= 15 is 0 Å². The fourth-order valence-electron chi connectivity index (χ4n) is 3.12. The van der Waals surface area contributed by atoms with Crippen molar-refractivity contribution in [3.8, 4) is 0 Å². The minimum absolute atomic E-state index is 0.00339. The predicted molar refractivity (Wildman–Crippen MR) is 109 cm³/mol. The highest BCUT2D eigenvalue weighted by Gasteiger charge is 2.34. The molecule has 1 heterocycles. The Labute approximate surface area is 163 Å². The van der Waals surface area contributed by atoms with Gasteiger partial charge in [0.2, 0.25) is 0 Å². The van der Waals surface area contributed by atoms with Crippen LogP contribution in [0.1, 0.15) is 44.7 Å². The molecule has 1 atom stereocenters. The Morgan fingerprint density at radius 1 is 1.30 bits per heavy atom. The van der Waals surface area contributed by atoms with Gasteiger partial charge in [-0.3, -0.25) is 4.99 Å². The Kier molecular flexibility index (Phi) is 8.07. The number of benzene rings is 1. The van der Waals surface area contributed by atoms with Gasteiger partial charge in [-0.1, -0.05) is 24.3 Å². The van der Waals surface area contributed by atoms with Crippen LogP contribution in [0.15, 0.2) is 29.3 Å². The zero-order chi connectivity index (χ0) is 19.8. The molecule has 0 bridgehead atoms. The lowest BCUT2D eigenvalue weighted by Crippen LogP contribution is -2.44. The lowest BCUT2D eigenvalue weighted by molar-refractivity contribution is -0.0149. The number of hydrogen-bond donors (Lipinski definition) is 3. The van der Waals surface area contributed by atoms with E-state index in [9.17, 15) is 5.11 Å². The summed E-state index contributed by atoms with van der Waals surface area (Å²) in [4.78, 5) is 4.31. The van der Waals surface area contributed by atoms with Crippen LogP contribution >= 0.6 is 0 Å². The van der Waals surface area contributed by atoms with E-state index in [0.29, 0.717) is 19.8 Å². The fraction of sp³-hybridized carbons (Fsp3) is 0.667. The zero-order valence-corrected chi connectivity index (χ0v) is 17.2. The topological polar surface area (TPSA) is 75.1 Å². The summed E-state index contributed by atoms with van der Waals surface area (Å²) in [5.74, 6) is 0.760. The van der Waals surface area contributed by atoms with Crippen molar-refractivity contribution in [1.82, 2.24) is 10.6 Å². The summed E-state index contributed by atoms with van der Waals surface area (Å²) in [6.07, 6.45) is 1.71. The van der Waals surface area contributed by atoms with Gasteiger partial charge in [-0.2, -0.15) is 0 Å². The molecule has 0 amide bonds. The molecule has 1 aromatic carbocycles. The summed E-state index contributed by atoms with van der Waals surface area (Å²) in [7, 11) is 1.77. The molecule has 6 nitrogen and oxygen atoms in total. The van der Waals surface area contributed by atoms with Crippen LogP contribution in [0.25, 0.3) is 0 Å². The molecule has 1 saturated heterocycles. The van der Waals surface area contributed by atoms with Crippen LogP contribution in [0.2, 0.25) is 0 Å². The van der Waals surface area contributed by atoms with E-state index in [-0.39, 0.29) is 17.6 Å². The van der Waals surface area contributed by atoms with Crippen molar-refractivity contribution in [3.05, 3.63) is 35.4 Å². The maximum atomic E-state index is 9.35. The highest BCUT2D eigenvalue weighted by atomic mass is 16.5. The third-order valence-corrected chi connectivity index (χ3v) is 4.80. The second-order valence-corrected chi connectivity index (χ2v) is 8.28. The van der Waals surface area contributed by atoms with Crippen molar-refractivity contribution in [2.24, 2.45) is 10.4 Å². The van der Waals surface area contributed by atoms with Gasteiger partial charge in [-0.15, -0.1) is 0 Å². The number of nitrogens with one attached hydrogen (secondary N) is 2. The van der Waals surface area contributed by atoms with Crippen molar-refractivity contribution < 1.29 is 14.6 Å². The fourth-order valence-corrected chi connectivity index (χ4v) is 3.12. The number of rotatable bonds is 8. The molecule has 6 heteroatoms. The molecule has 1 aromatic rings. The molecule has 1 aliphatic heterocycles. The van der Waals surface area contributed by atoms with Gasteiger partial charge in [-0.25, -0.2) is 0 Å². The van der Waals surface area contributed by atoms with E-state index in [1.54, 1.807) is 7.05 Å². The Hall–Kier alpha value is -1.63. The first kappa shape index (κ1) is 21.7. The molecule has 0 aromatic heterocycles. The van der Waals surface area contributed by atoms with Crippen LogP contribution in [0, 0.1) is 5.41 Å². The molecular formula is C21H35N3O3. The number of ether oxygens (including phenoxy) is 2. The largest absolute Gasteiger partial charge is 0.396 e. The minimum Gasteiger partial charge on any atom is -0.396 e. The van der Waals surface area contributed by atoms with Gasteiger partial charge >= 0.3 is 0 Å². The summed E-state index contributed by atoms with van der Waals surface area (Å²) < 4.78 is 11.4. The van der Waals surface area contributed by atoms with Crippen molar-refractivity contribution in [2.45, 2.75) is 52.4 Å². The van der Waals surface area contributed by atoms with E-state index in [2.05, 4.69) is 60.7 Å². The van der Waals surface area contributed by atoms with Gasteiger partial charge in [0, 0.05) is 38.8 Å². The van der Waals surface area contributed by atoms with Gasteiger partial charge < -0.3 is 25.2 Å². The SMILES string of the molecule is CN=C(NCc1cccc(COC(C)(C)C)c1)NCC1(CCO)CCOC1. The average Bonchev–Trinajstić information content (AvgIpc) is 3.09. The van der Waals surface area contributed by atoms with Gasteiger partial charge in [-0.05, 0) is 44.7 Å². The highest BCUT2D eigenvalue weighted by Crippen LogP contribution is 2.31. The van der Waals surface area contributed by atoms with E-state index < -0.39 is 0 Å². The summed E-state index contributed by atoms with van der Waals surface area (Å²) in [6, 6.07) is 8.39. The molecule has 1 unspecified atom stereocenters. The van der Waals surface area contributed by atoms with Crippen LogP contribution in [-0.2, 0) is 22.6 Å². The van der Waals surface area contributed by atoms with Crippen LogP contribution in [0.3, 0.4) is 0 Å². The summed E-state index contributed by atoms with van der Waals surface area (Å²) in [5, 5.41) is 16.1. The monoisotopic (exact) mass is 377 g/mol. The van der Waals surface area contributed by atoms with Crippen molar-refractivity contribution in [2.75, 3.05) is 33.4 Å². The van der Waals surface area contributed by atoms with E-state index in [1.165, 1.54) is 5.56 Å². The molecule has 0 aliphatic carbocycles. The first-order valence-electron chi connectivity index (χ1n) is 9.71. The van der Waals surface area contributed by atoms with Crippen LogP contribution in [0.5, 0.6) is 0 Å². The van der Waals surface area contributed by atoms with E-state index in [0.717, 1.165) is 37.5 Å². The quantitative estimate of drug-likeness (QED) is 0.479. The van der Waals surface area contributed by atoms with Gasteiger partial charge in [0.1, 0.15) is 0 Å². The van der Waals surface area contributed by atoms with E-state index in [1.807, 2.05) is 0 Å². The number of aliphatic hydroxyl groups is 1. The Morgan fingerprint density at radius 2 is 2.07 bits per heavy atom. The van der Waals surface area contributed by atoms with Gasteiger partial charge in [0.05, 0.1) is 18.8 Å². The first-order chi connectivity index (χ1) is 12.9. The second kappa shape index (κ2) is 10.1. The van der Waals surface area contributed by atoms with Crippen LogP contribution in [0.4, 0.5) is 0 Å². The standard InChI is InChI=1S/C21H35N3O3/c1-20(2,3)27-14-18-7-5-6-17(12-18)13-23-19(22-4)24-15-21(8-10-25)9-11-26-16-21/h5-7,12,25H,8-11,13-16H2,1-4H3,(H2,22,23,24). The number of hydrogen-bond acceptors (Lipinski definition) is 4. The molecular weight excluding hydrogens is 342 g/mol. The lowest BCUT2D eigenvalue weighted by Gasteiger charge is -2.27. The second-order valence-electron chi connectivity index (χ2n) is 8.28. The van der Waals surface area contributed by atoms with Crippen molar-refractivity contribution in [1.29, 1.82) is 0 Å². The molecule has 0 saturated carbocycles. The van der Waals surface area contributed by atoms with Crippen LogP contribution < -0.4 is 10.6 Å². The number of guanidine groups is 1. The molecule has 152 valence electrons. The van der Waals surface area contributed by atoms with Crippen molar-refractivity contribution >= 4 is 5.96 Å². The smallest absolute Gasteiger partial charge is 0.191 e. The molecule has 2 rings (SSSR count). The number of nitrogens with zero attached hydrogens (tertiary/aromatic N) is 1. The maximum absolute atomic E-state index is 9.35. The van der Waals surface area contributed by atoms with Gasteiger partial charge in [0.15, 0.2) is 5.96 Å². The third-order valence-electron chi connectivity index (χ3n) is 4.80. The molecule has 0 spiro atoms. The normalized spacial score (nSPS) is 20.7. The Morgan fingerprint density at radius 3 is 2.70 bits per heavy atom. The average molecular weight is 378 g/mol. The van der Waals surface area contributed by atoms with E-state index in [4.69, 9.17) is 9.47 Å². The molecule has 1 aliphatic rings. The minimum atomic E-state index is -0.144. The summed E-state index contributed by atoms with van der Waals surface area (Å²) >= 11 is 0. The van der Waals surface area contributed by atoms with Gasteiger partial charge in [0.25, 0.3) is 0 Å². The Bertz CT molecular complexity index is 605.